The average molecular weight is 232 g/mol. The summed E-state index contributed by atoms with van der Waals surface area (Å²) in [7, 11) is 0. The van der Waals surface area contributed by atoms with Crippen molar-refractivity contribution >= 4 is 17.3 Å². The van der Waals surface area contributed by atoms with Crippen molar-refractivity contribution in [1.82, 2.24) is 0 Å². The molecule has 3 rings (SSSR count). The standard InChI is InChI=1S/C13H16N2O2/c1-8-7-13(4-5-17-8)10-3-2-9(14)6-11(10)15-12(13)16/h2-3,6,8H,4-5,7,14H2,1H3,(H,15,16)/t8-,13+/m0/s1. The molecule has 0 saturated carbocycles. The first-order chi connectivity index (χ1) is 8.12. The number of nitrogen functional groups attached to an aromatic ring is 1. The number of rotatable bonds is 0. The Kier molecular flexibility index (Phi) is 2.16. The summed E-state index contributed by atoms with van der Waals surface area (Å²) in [4.78, 5) is 12.3. The fourth-order valence-corrected chi connectivity index (χ4v) is 2.98. The van der Waals surface area contributed by atoms with Gasteiger partial charge in [0.05, 0.1) is 11.5 Å². The number of amides is 1. The van der Waals surface area contributed by atoms with Gasteiger partial charge >= 0.3 is 0 Å². The van der Waals surface area contributed by atoms with E-state index in [9.17, 15) is 4.79 Å². The quantitative estimate of drug-likeness (QED) is 0.668. The van der Waals surface area contributed by atoms with E-state index in [0.29, 0.717) is 12.3 Å². The topological polar surface area (TPSA) is 64.3 Å². The van der Waals surface area contributed by atoms with Gasteiger partial charge in [-0.15, -0.1) is 0 Å². The summed E-state index contributed by atoms with van der Waals surface area (Å²) < 4.78 is 5.55. The monoisotopic (exact) mass is 232 g/mol. The van der Waals surface area contributed by atoms with Crippen molar-refractivity contribution in [2.75, 3.05) is 17.7 Å². The van der Waals surface area contributed by atoms with Crippen molar-refractivity contribution < 1.29 is 9.53 Å². The lowest BCUT2D eigenvalue weighted by Gasteiger charge is -2.35. The SMILES string of the molecule is C[C@H]1C[C@@]2(CCO1)C(=O)Nc1cc(N)ccc12. The van der Waals surface area contributed by atoms with Gasteiger partial charge in [0, 0.05) is 18.0 Å². The molecule has 1 aromatic carbocycles. The van der Waals surface area contributed by atoms with E-state index in [1.165, 1.54) is 0 Å². The first-order valence-electron chi connectivity index (χ1n) is 5.95. The summed E-state index contributed by atoms with van der Waals surface area (Å²) >= 11 is 0. The van der Waals surface area contributed by atoms with Gasteiger partial charge in [-0.05, 0) is 37.5 Å². The van der Waals surface area contributed by atoms with Gasteiger partial charge in [-0.3, -0.25) is 4.79 Å². The van der Waals surface area contributed by atoms with Gasteiger partial charge in [-0.1, -0.05) is 6.07 Å². The van der Waals surface area contributed by atoms with Gasteiger partial charge < -0.3 is 15.8 Å². The van der Waals surface area contributed by atoms with Gasteiger partial charge in [0.2, 0.25) is 5.91 Å². The Hall–Kier alpha value is -1.55. The first kappa shape index (κ1) is 10.6. The number of anilines is 2. The van der Waals surface area contributed by atoms with Crippen LogP contribution < -0.4 is 11.1 Å². The third-order valence-electron chi connectivity index (χ3n) is 3.81. The van der Waals surface area contributed by atoms with Crippen LogP contribution in [0.15, 0.2) is 18.2 Å². The predicted molar refractivity (Wildman–Crippen MR) is 65.8 cm³/mol. The summed E-state index contributed by atoms with van der Waals surface area (Å²) in [6, 6.07) is 5.67. The Morgan fingerprint density at radius 1 is 1.53 bits per heavy atom. The summed E-state index contributed by atoms with van der Waals surface area (Å²) in [5.74, 6) is 0.0910. The molecule has 1 spiro atoms. The van der Waals surface area contributed by atoms with Crippen molar-refractivity contribution in [2.45, 2.75) is 31.3 Å². The molecule has 0 radical (unpaired) electrons. The highest BCUT2D eigenvalue weighted by Crippen LogP contribution is 2.46. The molecular formula is C13H16N2O2. The fourth-order valence-electron chi connectivity index (χ4n) is 2.98. The lowest BCUT2D eigenvalue weighted by Crippen LogP contribution is -2.42. The second-order valence-electron chi connectivity index (χ2n) is 4.98. The van der Waals surface area contributed by atoms with Crippen LogP contribution in [0.5, 0.6) is 0 Å². The molecule has 2 aliphatic rings. The van der Waals surface area contributed by atoms with E-state index in [0.717, 1.165) is 24.1 Å². The molecule has 4 nitrogen and oxygen atoms in total. The molecule has 2 aliphatic heterocycles. The van der Waals surface area contributed by atoms with Gasteiger partial charge in [-0.2, -0.15) is 0 Å². The molecule has 0 bridgehead atoms. The molecule has 90 valence electrons. The minimum Gasteiger partial charge on any atom is -0.399 e. The number of hydrogen-bond acceptors (Lipinski definition) is 3. The lowest BCUT2D eigenvalue weighted by atomic mass is 9.73. The lowest BCUT2D eigenvalue weighted by molar-refractivity contribution is -0.126. The van der Waals surface area contributed by atoms with E-state index in [1.807, 2.05) is 25.1 Å². The van der Waals surface area contributed by atoms with Gasteiger partial charge in [-0.25, -0.2) is 0 Å². The average Bonchev–Trinajstić information content (AvgIpc) is 2.51. The molecule has 1 aromatic rings. The van der Waals surface area contributed by atoms with Crippen molar-refractivity contribution in [3.05, 3.63) is 23.8 Å². The number of nitrogens with two attached hydrogens (primary N) is 1. The molecule has 0 aliphatic carbocycles. The van der Waals surface area contributed by atoms with E-state index >= 15 is 0 Å². The molecule has 2 heterocycles. The maximum Gasteiger partial charge on any atom is 0.235 e. The maximum absolute atomic E-state index is 12.3. The molecule has 0 unspecified atom stereocenters. The minimum absolute atomic E-state index is 0.0910. The maximum atomic E-state index is 12.3. The highest BCUT2D eigenvalue weighted by Gasteiger charge is 2.49. The van der Waals surface area contributed by atoms with E-state index in [2.05, 4.69) is 5.32 Å². The number of hydrogen-bond donors (Lipinski definition) is 2. The van der Waals surface area contributed by atoms with Crippen LogP contribution in [-0.2, 0) is 14.9 Å². The highest BCUT2D eigenvalue weighted by atomic mass is 16.5. The summed E-state index contributed by atoms with van der Waals surface area (Å²) in [5, 5.41) is 2.94. The molecule has 4 heteroatoms. The van der Waals surface area contributed by atoms with Crippen LogP contribution in [0.25, 0.3) is 0 Å². The van der Waals surface area contributed by atoms with Crippen LogP contribution in [0, 0.1) is 0 Å². The molecule has 1 amide bonds. The zero-order valence-corrected chi connectivity index (χ0v) is 9.82. The Balaban J connectivity index is 2.09. The summed E-state index contributed by atoms with van der Waals surface area (Å²) in [5.41, 5.74) is 7.97. The highest BCUT2D eigenvalue weighted by molar-refractivity contribution is 6.06. The van der Waals surface area contributed by atoms with E-state index in [-0.39, 0.29) is 12.0 Å². The minimum atomic E-state index is -0.402. The zero-order valence-electron chi connectivity index (χ0n) is 9.82. The molecule has 2 atom stereocenters. The van der Waals surface area contributed by atoms with Crippen molar-refractivity contribution in [3.63, 3.8) is 0 Å². The molecular weight excluding hydrogens is 216 g/mol. The second kappa shape index (κ2) is 3.47. The van der Waals surface area contributed by atoms with E-state index in [1.54, 1.807) is 0 Å². The van der Waals surface area contributed by atoms with Crippen molar-refractivity contribution in [3.8, 4) is 0 Å². The molecule has 17 heavy (non-hydrogen) atoms. The van der Waals surface area contributed by atoms with Gasteiger partial charge in [0.25, 0.3) is 0 Å². The number of ether oxygens (including phenoxy) is 1. The normalized spacial score (nSPS) is 31.4. The smallest absolute Gasteiger partial charge is 0.235 e. The van der Waals surface area contributed by atoms with Crippen LogP contribution in [0.4, 0.5) is 11.4 Å². The van der Waals surface area contributed by atoms with Gasteiger partial charge in [0.15, 0.2) is 0 Å². The molecule has 0 aromatic heterocycles. The predicted octanol–water partition coefficient (Wildman–Crippen LogP) is 1.66. The Morgan fingerprint density at radius 3 is 3.12 bits per heavy atom. The molecule has 3 N–H and O–H groups in total. The Morgan fingerprint density at radius 2 is 2.35 bits per heavy atom. The van der Waals surface area contributed by atoms with Crippen molar-refractivity contribution in [2.24, 2.45) is 0 Å². The van der Waals surface area contributed by atoms with E-state index < -0.39 is 5.41 Å². The third-order valence-corrected chi connectivity index (χ3v) is 3.81. The van der Waals surface area contributed by atoms with Crippen LogP contribution in [0.2, 0.25) is 0 Å². The van der Waals surface area contributed by atoms with Crippen LogP contribution >= 0.6 is 0 Å². The summed E-state index contributed by atoms with van der Waals surface area (Å²) in [6.45, 7) is 2.65. The van der Waals surface area contributed by atoms with Gasteiger partial charge in [0.1, 0.15) is 0 Å². The van der Waals surface area contributed by atoms with Crippen LogP contribution in [0.1, 0.15) is 25.3 Å². The van der Waals surface area contributed by atoms with Crippen LogP contribution in [0.3, 0.4) is 0 Å². The fraction of sp³-hybridized carbons (Fsp3) is 0.462. The second-order valence-corrected chi connectivity index (χ2v) is 4.98. The van der Waals surface area contributed by atoms with E-state index in [4.69, 9.17) is 10.5 Å². The number of carbonyl (C=O) groups is 1. The summed E-state index contributed by atoms with van der Waals surface area (Å²) in [6.07, 6.45) is 1.62. The first-order valence-corrected chi connectivity index (χ1v) is 5.95. The zero-order chi connectivity index (χ0) is 12.0. The van der Waals surface area contributed by atoms with Crippen molar-refractivity contribution in [1.29, 1.82) is 0 Å². The Bertz CT molecular complexity index is 486. The number of nitrogens with one attached hydrogen (secondary N) is 1. The third kappa shape index (κ3) is 1.44. The Labute approximate surface area is 100 Å². The van der Waals surface area contributed by atoms with Crippen LogP contribution in [-0.4, -0.2) is 18.6 Å². The molecule has 1 fully saturated rings. The number of fused-ring (bicyclic) bond motifs is 2. The number of carbonyl (C=O) groups excluding carboxylic acids is 1. The number of benzene rings is 1. The largest absolute Gasteiger partial charge is 0.399 e. The molecule has 1 saturated heterocycles.